The van der Waals surface area contributed by atoms with Gasteiger partial charge < -0.3 is 5.32 Å². The maximum Gasteiger partial charge on any atom is 0.243 e. The van der Waals surface area contributed by atoms with E-state index in [0.29, 0.717) is 13.1 Å². The largest absolute Gasteiger partial charge is 0.318 e. The maximum absolute atomic E-state index is 12.1. The summed E-state index contributed by atoms with van der Waals surface area (Å²) in [6.07, 6.45) is 6.24. The van der Waals surface area contributed by atoms with Gasteiger partial charge in [-0.2, -0.15) is 5.10 Å². The van der Waals surface area contributed by atoms with E-state index in [2.05, 4.69) is 22.1 Å². The van der Waals surface area contributed by atoms with Gasteiger partial charge in [-0.1, -0.05) is 6.92 Å². The summed E-state index contributed by atoms with van der Waals surface area (Å²) < 4.78 is 28.6. The SMILES string of the molecule is CCC1(CNS(=O)(=O)c2cnn(CCNC)c2)CC1. The molecule has 0 saturated heterocycles. The van der Waals surface area contributed by atoms with Gasteiger partial charge in [0.25, 0.3) is 0 Å². The summed E-state index contributed by atoms with van der Waals surface area (Å²) in [4.78, 5) is 0.246. The second kappa shape index (κ2) is 5.60. The molecule has 7 heteroatoms. The van der Waals surface area contributed by atoms with Crippen LogP contribution < -0.4 is 10.0 Å². The van der Waals surface area contributed by atoms with Crippen LogP contribution in [-0.4, -0.2) is 38.3 Å². The molecule has 0 spiro atoms. The first-order valence-electron chi connectivity index (χ1n) is 6.68. The van der Waals surface area contributed by atoms with E-state index in [0.717, 1.165) is 25.8 Å². The summed E-state index contributed by atoms with van der Waals surface area (Å²) >= 11 is 0. The fraction of sp³-hybridized carbons (Fsp3) is 0.750. The fourth-order valence-corrected chi connectivity index (χ4v) is 3.10. The van der Waals surface area contributed by atoms with Gasteiger partial charge in [0.05, 0.1) is 12.7 Å². The summed E-state index contributed by atoms with van der Waals surface area (Å²) in [5.74, 6) is 0. The summed E-state index contributed by atoms with van der Waals surface area (Å²) in [5.41, 5.74) is 0.204. The third kappa shape index (κ3) is 3.55. The highest BCUT2D eigenvalue weighted by atomic mass is 32.2. The van der Waals surface area contributed by atoms with Crippen molar-refractivity contribution in [1.29, 1.82) is 0 Å². The third-order valence-electron chi connectivity index (χ3n) is 3.86. The van der Waals surface area contributed by atoms with Crippen LogP contribution in [0.2, 0.25) is 0 Å². The van der Waals surface area contributed by atoms with Crippen molar-refractivity contribution in [2.45, 2.75) is 37.6 Å². The number of hydrogen-bond donors (Lipinski definition) is 2. The molecule has 1 heterocycles. The predicted octanol–water partition coefficient (Wildman–Crippen LogP) is 0.571. The van der Waals surface area contributed by atoms with E-state index in [9.17, 15) is 8.42 Å². The van der Waals surface area contributed by atoms with Crippen LogP contribution in [0.25, 0.3) is 0 Å². The Kier molecular flexibility index (Phi) is 4.27. The fourth-order valence-electron chi connectivity index (χ4n) is 2.00. The zero-order valence-corrected chi connectivity index (χ0v) is 12.3. The molecule has 0 aromatic carbocycles. The number of nitrogens with zero attached hydrogens (tertiary/aromatic N) is 2. The Hall–Kier alpha value is -0.920. The normalized spacial score (nSPS) is 17.6. The van der Waals surface area contributed by atoms with Crippen LogP contribution >= 0.6 is 0 Å². The second-order valence-corrected chi connectivity index (χ2v) is 6.99. The lowest BCUT2D eigenvalue weighted by molar-refractivity contribution is 0.475. The Morgan fingerprint density at radius 3 is 2.79 bits per heavy atom. The molecule has 2 rings (SSSR count). The van der Waals surface area contributed by atoms with Crippen molar-refractivity contribution in [3.05, 3.63) is 12.4 Å². The van der Waals surface area contributed by atoms with Gasteiger partial charge in [-0.15, -0.1) is 0 Å². The standard InChI is InChI=1S/C12H22N4O2S/c1-3-12(4-5-12)10-15-19(17,18)11-8-14-16(9-11)7-6-13-2/h8-9,13,15H,3-7,10H2,1-2H3. The van der Waals surface area contributed by atoms with Crippen LogP contribution in [0, 0.1) is 5.41 Å². The second-order valence-electron chi connectivity index (χ2n) is 5.22. The van der Waals surface area contributed by atoms with E-state index >= 15 is 0 Å². The minimum Gasteiger partial charge on any atom is -0.318 e. The lowest BCUT2D eigenvalue weighted by Crippen LogP contribution is -2.29. The first-order chi connectivity index (χ1) is 9.01. The molecule has 1 aliphatic carbocycles. The van der Waals surface area contributed by atoms with Gasteiger partial charge >= 0.3 is 0 Å². The van der Waals surface area contributed by atoms with Gasteiger partial charge in [0.15, 0.2) is 0 Å². The summed E-state index contributed by atoms with van der Waals surface area (Å²) in [6.45, 7) is 4.06. The Balaban J connectivity index is 1.97. The molecule has 19 heavy (non-hydrogen) atoms. The van der Waals surface area contributed by atoms with E-state index in [1.807, 2.05) is 7.05 Å². The predicted molar refractivity (Wildman–Crippen MR) is 73.3 cm³/mol. The zero-order valence-electron chi connectivity index (χ0n) is 11.5. The smallest absolute Gasteiger partial charge is 0.243 e. The zero-order chi connectivity index (χ0) is 13.9. The molecule has 0 atom stereocenters. The van der Waals surface area contributed by atoms with Gasteiger partial charge in [-0.3, -0.25) is 4.68 Å². The highest BCUT2D eigenvalue weighted by Crippen LogP contribution is 2.48. The van der Waals surface area contributed by atoms with Crippen LogP contribution in [0.3, 0.4) is 0 Å². The number of hydrogen-bond acceptors (Lipinski definition) is 4. The van der Waals surface area contributed by atoms with Crippen molar-refractivity contribution in [3.63, 3.8) is 0 Å². The average molecular weight is 286 g/mol. The average Bonchev–Trinajstić information content (AvgIpc) is 3.03. The van der Waals surface area contributed by atoms with E-state index in [1.54, 1.807) is 10.9 Å². The molecule has 1 aliphatic rings. The molecule has 6 nitrogen and oxygen atoms in total. The van der Waals surface area contributed by atoms with E-state index in [-0.39, 0.29) is 10.3 Å². The molecule has 0 amide bonds. The minimum absolute atomic E-state index is 0.204. The third-order valence-corrected chi connectivity index (χ3v) is 5.21. The quantitative estimate of drug-likeness (QED) is 0.732. The monoisotopic (exact) mass is 286 g/mol. The first-order valence-corrected chi connectivity index (χ1v) is 8.16. The summed E-state index contributed by atoms with van der Waals surface area (Å²) in [5, 5.41) is 7.06. The van der Waals surface area contributed by atoms with Gasteiger partial charge in [0, 0.05) is 19.3 Å². The molecule has 0 unspecified atom stereocenters. The Labute approximate surface area is 114 Å². The van der Waals surface area contributed by atoms with E-state index in [1.165, 1.54) is 6.20 Å². The number of aromatic nitrogens is 2. The topological polar surface area (TPSA) is 76.0 Å². The molecule has 108 valence electrons. The van der Waals surface area contributed by atoms with Gasteiger partial charge in [-0.25, -0.2) is 13.1 Å². The van der Waals surface area contributed by atoms with Crippen LogP contribution in [0.1, 0.15) is 26.2 Å². The molecule has 1 aromatic heterocycles. The highest BCUT2D eigenvalue weighted by molar-refractivity contribution is 7.89. The number of nitrogens with one attached hydrogen (secondary N) is 2. The van der Waals surface area contributed by atoms with Crippen LogP contribution in [0.4, 0.5) is 0 Å². The Morgan fingerprint density at radius 2 is 2.21 bits per heavy atom. The van der Waals surface area contributed by atoms with Crippen molar-refractivity contribution >= 4 is 10.0 Å². The van der Waals surface area contributed by atoms with Crippen molar-refractivity contribution in [2.24, 2.45) is 5.41 Å². The molecular formula is C12H22N4O2S. The molecule has 0 radical (unpaired) electrons. The van der Waals surface area contributed by atoms with Crippen molar-refractivity contribution in [2.75, 3.05) is 20.1 Å². The molecule has 0 aliphatic heterocycles. The summed E-state index contributed by atoms with van der Waals surface area (Å²) in [7, 11) is -1.57. The van der Waals surface area contributed by atoms with Gasteiger partial charge in [0.2, 0.25) is 10.0 Å². The highest BCUT2D eigenvalue weighted by Gasteiger charge is 2.41. The Bertz CT molecular complexity index is 520. The van der Waals surface area contributed by atoms with Crippen LogP contribution in [0.15, 0.2) is 17.3 Å². The summed E-state index contributed by atoms with van der Waals surface area (Å²) in [6, 6.07) is 0. The maximum atomic E-state index is 12.1. The molecule has 0 bridgehead atoms. The van der Waals surface area contributed by atoms with E-state index in [4.69, 9.17) is 0 Å². The van der Waals surface area contributed by atoms with Crippen molar-refractivity contribution in [1.82, 2.24) is 19.8 Å². The molecule has 1 saturated carbocycles. The molecule has 1 fully saturated rings. The van der Waals surface area contributed by atoms with Gasteiger partial charge in [-0.05, 0) is 31.7 Å². The minimum atomic E-state index is -3.42. The first kappa shape index (κ1) is 14.5. The number of sulfonamides is 1. The van der Waals surface area contributed by atoms with Crippen molar-refractivity contribution < 1.29 is 8.42 Å². The lowest BCUT2D eigenvalue weighted by atomic mass is 10.1. The van der Waals surface area contributed by atoms with Crippen LogP contribution in [0.5, 0.6) is 0 Å². The van der Waals surface area contributed by atoms with Crippen molar-refractivity contribution in [3.8, 4) is 0 Å². The van der Waals surface area contributed by atoms with E-state index < -0.39 is 10.0 Å². The van der Waals surface area contributed by atoms with Gasteiger partial charge in [0.1, 0.15) is 4.90 Å². The molecular weight excluding hydrogens is 264 g/mol. The number of rotatable bonds is 8. The lowest BCUT2D eigenvalue weighted by Gasteiger charge is -2.12. The molecule has 2 N–H and O–H groups in total. The molecule has 1 aromatic rings. The Morgan fingerprint density at radius 1 is 1.47 bits per heavy atom. The number of likely N-dealkylation sites (N-methyl/N-ethyl adjacent to an activating group) is 1. The van der Waals surface area contributed by atoms with Crippen LogP contribution in [-0.2, 0) is 16.6 Å².